The summed E-state index contributed by atoms with van der Waals surface area (Å²) >= 11 is 1.29. The van der Waals surface area contributed by atoms with Crippen LogP contribution in [0.2, 0.25) is 0 Å². The summed E-state index contributed by atoms with van der Waals surface area (Å²) in [5.41, 5.74) is 0.620. The highest BCUT2D eigenvalue weighted by molar-refractivity contribution is 7.91. The van der Waals surface area contributed by atoms with Crippen molar-refractivity contribution in [2.75, 3.05) is 39.9 Å². The van der Waals surface area contributed by atoms with E-state index >= 15 is 0 Å². The van der Waals surface area contributed by atoms with Crippen molar-refractivity contribution in [1.82, 2.24) is 14.3 Å². The van der Waals surface area contributed by atoms with E-state index in [2.05, 4.69) is 10.0 Å². The average Bonchev–Trinajstić information content (AvgIpc) is 3.64. The number of sulfonamides is 2. The molecule has 1 spiro atoms. The number of aliphatic hydroxyl groups is 1. The van der Waals surface area contributed by atoms with Crippen LogP contribution in [-0.2, 0) is 24.8 Å². The first-order valence-corrected chi connectivity index (χ1v) is 17.2. The van der Waals surface area contributed by atoms with Crippen LogP contribution < -0.4 is 14.8 Å². The van der Waals surface area contributed by atoms with Gasteiger partial charge in [-0.25, -0.2) is 21.6 Å². The van der Waals surface area contributed by atoms with Crippen LogP contribution >= 0.6 is 11.3 Å². The minimum Gasteiger partial charge on any atom is -0.491 e. The molecule has 2 fully saturated rings. The van der Waals surface area contributed by atoms with Crippen LogP contribution in [0.1, 0.15) is 19.3 Å². The molecule has 0 saturated carbocycles. The largest absolute Gasteiger partial charge is 0.491 e. The molecular formula is C28H35N3O7S3. The molecule has 0 amide bonds. The highest BCUT2D eigenvalue weighted by atomic mass is 32.2. The SMILES string of the molecule is CNS(=O)(=O)c1cccc(OC[C@@H](O)CNC2COC3(CCN(S(=O)(=O)c4ccc(-c5ccccc5)s4)CC3)C2)c1. The van der Waals surface area contributed by atoms with Crippen molar-refractivity contribution in [2.24, 2.45) is 0 Å². The van der Waals surface area contributed by atoms with Crippen molar-refractivity contribution < 1.29 is 31.4 Å². The molecule has 2 saturated heterocycles. The number of benzene rings is 2. The second kappa shape index (κ2) is 12.5. The number of ether oxygens (including phenoxy) is 2. The van der Waals surface area contributed by atoms with Gasteiger partial charge in [-0.1, -0.05) is 36.4 Å². The molecule has 0 bridgehead atoms. The van der Waals surface area contributed by atoms with Gasteiger partial charge in [-0.05, 0) is 56.1 Å². The van der Waals surface area contributed by atoms with Gasteiger partial charge in [-0.15, -0.1) is 11.3 Å². The molecule has 2 aromatic carbocycles. The minimum absolute atomic E-state index is 0.00367. The Balaban J connectivity index is 1.08. The van der Waals surface area contributed by atoms with Crippen molar-refractivity contribution in [2.45, 2.75) is 46.1 Å². The topological polar surface area (TPSA) is 134 Å². The summed E-state index contributed by atoms with van der Waals surface area (Å²) in [5, 5.41) is 13.8. The number of piperidine rings is 1. The van der Waals surface area contributed by atoms with Gasteiger partial charge in [0.05, 0.1) is 17.1 Å². The van der Waals surface area contributed by atoms with E-state index in [-0.39, 0.29) is 29.7 Å². The summed E-state index contributed by atoms with van der Waals surface area (Å²) in [5.74, 6) is 0.351. The van der Waals surface area contributed by atoms with E-state index < -0.39 is 26.2 Å². The van der Waals surface area contributed by atoms with Gasteiger partial charge in [-0.2, -0.15) is 4.31 Å². The maximum atomic E-state index is 13.3. The zero-order chi connectivity index (χ0) is 29.1. The van der Waals surface area contributed by atoms with E-state index in [0.717, 1.165) is 16.9 Å². The smallest absolute Gasteiger partial charge is 0.252 e. The molecule has 5 rings (SSSR count). The number of nitrogens with zero attached hydrogens (tertiary/aromatic N) is 1. The monoisotopic (exact) mass is 621 g/mol. The number of hydrogen-bond acceptors (Lipinski definition) is 9. The molecule has 13 heteroatoms. The molecular weight excluding hydrogens is 587 g/mol. The Bertz CT molecular complexity index is 1540. The van der Waals surface area contributed by atoms with Crippen LogP contribution in [0.25, 0.3) is 10.4 Å². The van der Waals surface area contributed by atoms with E-state index in [1.54, 1.807) is 22.5 Å². The predicted octanol–water partition coefficient (Wildman–Crippen LogP) is 2.66. The molecule has 3 heterocycles. The first-order chi connectivity index (χ1) is 19.6. The van der Waals surface area contributed by atoms with Crippen LogP contribution in [-0.4, -0.2) is 83.9 Å². The summed E-state index contributed by atoms with van der Waals surface area (Å²) in [6, 6.07) is 19.4. The number of hydrogen-bond donors (Lipinski definition) is 3. The average molecular weight is 622 g/mol. The fraction of sp³-hybridized carbons (Fsp3) is 0.429. The number of nitrogens with one attached hydrogen (secondary N) is 2. The minimum atomic E-state index is -3.58. The second-order valence-corrected chi connectivity index (χ2v) is 15.5. The highest BCUT2D eigenvalue weighted by Crippen LogP contribution is 2.39. The molecule has 0 aliphatic carbocycles. The maximum Gasteiger partial charge on any atom is 0.252 e. The van der Waals surface area contributed by atoms with E-state index in [1.807, 2.05) is 36.4 Å². The molecule has 41 heavy (non-hydrogen) atoms. The first kappa shape index (κ1) is 30.1. The summed E-state index contributed by atoms with van der Waals surface area (Å²) in [4.78, 5) is 1.01. The van der Waals surface area contributed by atoms with Gasteiger partial charge < -0.3 is 19.9 Å². The third-order valence-electron chi connectivity index (χ3n) is 7.55. The van der Waals surface area contributed by atoms with Gasteiger partial charge in [0.15, 0.2) is 0 Å². The first-order valence-electron chi connectivity index (χ1n) is 13.5. The summed E-state index contributed by atoms with van der Waals surface area (Å²) in [7, 11) is -5.82. The number of rotatable bonds is 11. The zero-order valence-electron chi connectivity index (χ0n) is 22.7. The summed E-state index contributed by atoms with van der Waals surface area (Å²) in [6.07, 6.45) is 1.14. The molecule has 3 aromatic rings. The van der Waals surface area contributed by atoms with Crippen molar-refractivity contribution in [3.05, 3.63) is 66.7 Å². The van der Waals surface area contributed by atoms with Crippen LogP contribution in [0.4, 0.5) is 0 Å². The fourth-order valence-electron chi connectivity index (χ4n) is 5.20. The van der Waals surface area contributed by atoms with Crippen molar-refractivity contribution in [1.29, 1.82) is 0 Å². The third kappa shape index (κ3) is 7.00. The molecule has 0 radical (unpaired) electrons. The van der Waals surface area contributed by atoms with Crippen LogP contribution in [0, 0.1) is 0 Å². The number of aliphatic hydroxyl groups excluding tert-OH is 1. The third-order valence-corrected chi connectivity index (χ3v) is 12.5. The van der Waals surface area contributed by atoms with Gasteiger partial charge in [0.2, 0.25) is 10.0 Å². The van der Waals surface area contributed by atoms with Crippen molar-refractivity contribution in [3.8, 4) is 16.2 Å². The second-order valence-electron chi connectivity index (χ2n) is 10.3. The predicted molar refractivity (Wildman–Crippen MR) is 157 cm³/mol. The van der Waals surface area contributed by atoms with Crippen LogP contribution in [0.3, 0.4) is 0 Å². The summed E-state index contributed by atoms with van der Waals surface area (Å²) in [6.45, 7) is 1.55. The Morgan fingerprint density at radius 3 is 2.56 bits per heavy atom. The van der Waals surface area contributed by atoms with E-state index in [0.29, 0.717) is 42.5 Å². The van der Waals surface area contributed by atoms with Crippen LogP contribution in [0.5, 0.6) is 5.75 Å². The lowest BCUT2D eigenvalue weighted by Gasteiger charge is -2.37. The van der Waals surface area contributed by atoms with E-state index in [4.69, 9.17) is 9.47 Å². The molecule has 2 aliphatic heterocycles. The zero-order valence-corrected chi connectivity index (χ0v) is 25.2. The maximum absolute atomic E-state index is 13.3. The Kier molecular flexibility index (Phi) is 9.16. The molecule has 222 valence electrons. The fourth-order valence-corrected chi connectivity index (χ4v) is 8.88. The lowest BCUT2D eigenvalue weighted by molar-refractivity contribution is -0.0311. The Labute approximate surface area is 245 Å². The van der Waals surface area contributed by atoms with Crippen molar-refractivity contribution in [3.63, 3.8) is 0 Å². The standard InChI is InChI=1S/C28H35N3O7S3/c1-29-40(33,34)25-9-5-8-24(16-25)37-20-23(32)18-30-22-17-28(38-19-22)12-14-31(15-13-28)41(35,36)27-11-10-26(39-27)21-6-3-2-4-7-21/h2-11,16,22-23,29-30,32H,12-15,17-20H2,1H3/t22?,23-/m0/s1. The summed E-state index contributed by atoms with van der Waals surface area (Å²) < 4.78 is 66.6. The van der Waals surface area contributed by atoms with Crippen LogP contribution in [0.15, 0.2) is 75.8 Å². The van der Waals surface area contributed by atoms with Gasteiger partial charge in [-0.3, -0.25) is 0 Å². The quantitative estimate of drug-likeness (QED) is 0.298. The molecule has 2 atom stereocenters. The lowest BCUT2D eigenvalue weighted by Crippen LogP contribution is -2.47. The van der Waals surface area contributed by atoms with E-state index in [9.17, 15) is 21.9 Å². The lowest BCUT2D eigenvalue weighted by atomic mass is 9.88. The molecule has 10 nitrogen and oxygen atoms in total. The van der Waals surface area contributed by atoms with Gasteiger partial charge >= 0.3 is 0 Å². The molecule has 1 aromatic heterocycles. The van der Waals surface area contributed by atoms with Gasteiger partial charge in [0, 0.05) is 36.6 Å². The Hall–Kier alpha value is -2.36. The van der Waals surface area contributed by atoms with E-state index in [1.165, 1.54) is 30.5 Å². The molecule has 1 unspecified atom stereocenters. The Morgan fingerprint density at radius 1 is 1.07 bits per heavy atom. The van der Waals surface area contributed by atoms with Gasteiger partial charge in [0.1, 0.15) is 22.7 Å². The normalized spacial score (nSPS) is 20.3. The van der Waals surface area contributed by atoms with Gasteiger partial charge in [0.25, 0.3) is 10.0 Å². The van der Waals surface area contributed by atoms with Crippen molar-refractivity contribution >= 4 is 31.4 Å². The molecule has 3 N–H and O–H groups in total. The molecule has 2 aliphatic rings. The highest BCUT2D eigenvalue weighted by Gasteiger charge is 2.45. The Morgan fingerprint density at radius 2 is 1.83 bits per heavy atom. The number of thiophene rings is 1.